The number of benzene rings is 1. The predicted octanol–water partition coefficient (Wildman–Crippen LogP) is 7.38. The van der Waals surface area contributed by atoms with Gasteiger partial charge in [0.25, 0.3) is 0 Å². The summed E-state index contributed by atoms with van der Waals surface area (Å²) in [5, 5.41) is 0. The second-order valence-corrected chi connectivity index (χ2v) is 7.94. The zero-order valence-corrected chi connectivity index (χ0v) is 18.8. The van der Waals surface area contributed by atoms with E-state index in [1.54, 1.807) is 0 Å². The van der Waals surface area contributed by atoms with E-state index in [0.29, 0.717) is 5.92 Å². The average molecular weight is 395 g/mol. The molecule has 0 N–H and O–H groups in total. The second kappa shape index (κ2) is 15.4. The topological polar surface area (TPSA) is 18.5 Å². The van der Waals surface area contributed by atoms with Crippen LogP contribution in [0.2, 0.25) is 0 Å². The van der Waals surface area contributed by atoms with Gasteiger partial charge in [0.2, 0.25) is 0 Å². The molecule has 0 aliphatic heterocycles. The van der Waals surface area contributed by atoms with E-state index in [1.807, 2.05) is 0 Å². The molecule has 3 heteroatoms. The van der Waals surface area contributed by atoms with Crippen molar-refractivity contribution >= 4 is 12.6 Å². The molecule has 1 unspecified atom stereocenters. The first-order chi connectivity index (χ1) is 13.2. The lowest BCUT2D eigenvalue weighted by molar-refractivity contribution is -0.280. The van der Waals surface area contributed by atoms with Gasteiger partial charge in [-0.2, -0.15) is 12.6 Å². The van der Waals surface area contributed by atoms with Crippen LogP contribution in [0, 0.1) is 5.92 Å². The van der Waals surface area contributed by atoms with E-state index in [2.05, 4.69) is 63.7 Å². The molecule has 0 aromatic heterocycles. The molecule has 1 aromatic carbocycles. The minimum Gasteiger partial charge on any atom is -0.346 e. The highest BCUT2D eigenvalue weighted by Gasteiger charge is 2.41. The number of thiol groups is 1. The first kappa shape index (κ1) is 24.5. The van der Waals surface area contributed by atoms with Gasteiger partial charge in [0.15, 0.2) is 5.79 Å². The van der Waals surface area contributed by atoms with Gasteiger partial charge >= 0.3 is 0 Å². The molecule has 0 spiro atoms. The maximum atomic E-state index is 6.52. The second-order valence-electron chi connectivity index (χ2n) is 7.50. The quantitative estimate of drug-likeness (QED) is 0.169. The van der Waals surface area contributed by atoms with Gasteiger partial charge in [-0.05, 0) is 31.4 Å². The molecule has 0 aliphatic rings. The summed E-state index contributed by atoms with van der Waals surface area (Å²) in [4.78, 5) is 0. The van der Waals surface area contributed by atoms with Crippen LogP contribution < -0.4 is 0 Å². The van der Waals surface area contributed by atoms with Crippen molar-refractivity contribution in [2.45, 2.75) is 90.8 Å². The number of hydrogen-bond acceptors (Lipinski definition) is 3. The Bertz CT molecular complexity index is 441. The molecule has 0 saturated carbocycles. The lowest BCUT2D eigenvalue weighted by Crippen LogP contribution is -2.42. The highest BCUT2D eigenvalue weighted by atomic mass is 32.1. The molecule has 0 heterocycles. The van der Waals surface area contributed by atoms with Crippen LogP contribution >= 0.6 is 12.6 Å². The molecule has 1 atom stereocenters. The van der Waals surface area contributed by atoms with E-state index in [1.165, 1.54) is 38.5 Å². The van der Waals surface area contributed by atoms with Crippen LogP contribution in [0.3, 0.4) is 0 Å². The predicted molar refractivity (Wildman–Crippen MR) is 121 cm³/mol. The Morgan fingerprint density at radius 1 is 0.778 bits per heavy atom. The summed E-state index contributed by atoms with van der Waals surface area (Å²) in [5.74, 6) is 0.557. The number of unbranched alkanes of at least 4 members (excludes halogenated alkanes) is 5. The Hall–Kier alpha value is -0.510. The van der Waals surface area contributed by atoms with Gasteiger partial charge in [-0.3, -0.25) is 0 Å². The van der Waals surface area contributed by atoms with Crippen molar-refractivity contribution in [2.75, 3.05) is 19.0 Å². The first-order valence-corrected chi connectivity index (χ1v) is 11.8. The highest BCUT2D eigenvalue weighted by Crippen LogP contribution is 2.41. The zero-order chi connectivity index (χ0) is 19.8. The summed E-state index contributed by atoms with van der Waals surface area (Å²) < 4.78 is 13.0. The van der Waals surface area contributed by atoms with E-state index in [-0.39, 0.29) is 0 Å². The minimum atomic E-state index is -0.639. The molecule has 0 fully saturated rings. The smallest absolute Gasteiger partial charge is 0.197 e. The maximum absolute atomic E-state index is 6.52. The summed E-state index contributed by atoms with van der Waals surface area (Å²) in [6.07, 6.45) is 12.0. The van der Waals surface area contributed by atoms with E-state index in [4.69, 9.17) is 9.47 Å². The van der Waals surface area contributed by atoms with Crippen LogP contribution in [-0.4, -0.2) is 19.0 Å². The SMILES string of the molecule is CCCCCCCCC(CCS)C(OCCC)(OCCC)c1ccccc1. The van der Waals surface area contributed by atoms with Crippen molar-refractivity contribution in [1.29, 1.82) is 0 Å². The van der Waals surface area contributed by atoms with Gasteiger partial charge in [-0.15, -0.1) is 0 Å². The fourth-order valence-electron chi connectivity index (χ4n) is 3.71. The van der Waals surface area contributed by atoms with Crippen LogP contribution in [-0.2, 0) is 15.3 Å². The van der Waals surface area contributed by atoms with Gasteiger partial charge in [0.05, 0.1) is 13.2 Å². The van der Waals surface area contributed by atoms with E-state index in [9.17, 15) is 0 Å². The van der Waals surface area contributed by atoms with E-state index >= 15 is 0 Å². The third-order valence-corrected chi connectivity index (χ3v) is 5.40. The van der Waals surface area contributed by atoms with Crippen LogP contribution in [0.4, 0.5) is 0 Å². The van der Waals surface area contributed by atoms with Gasteiger partial charge in [0, 0.05) is 11.5 Å². The Kier molecular flexibility index (Phi) is 14.0. The molecule has 2 nitrogen and oxygen atoms in total. The summed E-state index contributed by atoms with van der Waals surface area (Å²) in [6.45, 7) is 8.04. The lowest BCUT2D eigenvalue weighted by Gasteiger charge is -2.41. The van der Waals surface area contributed by atoms with Crippen molar-refractivity contribution in [3.05, 3.63) is 35.9 Å². The molecule has 27 heavy (non-hydrogen) atoms. The molecule has 1 aromatic rings. The minimum absolute atomic E-state index is 0.335. The van der Waals surface area contributed by atoms with Crippen LogP contribution in [0.1, 0.15) is 90.5 Å². The maximum Gasteiger partial charge on any atom is 0.197 e. The third-order valence-electron chi connectivity index (χ3n) is 5.14. The van der Waals surface area contributed by atoms with E-state index in [0.717, 1.165) is 50.2 Å². The van der Waals surface area contributed by atoms with Crippen LogP contribution in [0.15, 0.2) is 30.3 Å². The summed E-state index contributed by atoms with van der Waals surface area (Å²) in [5.41, 5.74) is 1.16. The molecule has 0 amide bonds. The Balaban J connectivity index is 2.97. The summed E-state index contributed by atoms with van der Waals surface area (Å²) in [6, 6.07) is 10.6. The Morgan fingerprint density at radius 2 is 1.37 bits per heavy atom. The van der Waals surface area contributed by atoms with Gasteiger partial charge in [0.1, 0.15) is 0 Å². The fourth-order valence-corrected chi connectivity index (χ4v) is 4.02. The Labute approximate surface area is 173 Å². The molecule has 0 saturated heterocycles. The highest BCUT2D eigenvalue weighted by molar-refractivity contribution is 7.80. The van der Waals surface area contributed by atoms with Gasteiger partial charge in [-0.25, -0.2) is 0 Å². The fraction of sp³-hybridized carbons (Fsp3) is 0.750. The lowest BCUT2D eigenvalue weighted by atomic mass is 9.84. The standard InChI is InChI=1S/C24H42O2S/c1-4-7-8-9-10-12-17-23(18-21-27)24(25-19-5-2,26-20-6-3)22-15-13-11-14-16-22/h11,13-16,23,27H,4-10,12,17-21H2,1-3H3. The zero-order valence-electron chi connectivity index (χ0n) is 17.9. The largest absolute Gasteiger partial charge is 0.346 e. The Morgan fingerprint density at radius 3 is 1.93 bits per heavy atom. The third kappa shape index (κ3) is 8.58. The van der Waals surface area contributed by atoms with Crippen LogP contribution in [0.5, 0.6) is 0 Å². The van der Waals surface area contributed by atoms with Crippen molar-refractivity contribution in [3.8, 4) is 0 Å². The van der Waals surface area contributed by atoms with Gasteiger partial charge < -0.3 is 9.47 Å². The summed E-state index contributed by atoms with van der Waals surface area (Å²) in [7, 11) is 0. The molecular formula is C24H42O2S. The van der Waals surface area contributed by atoms with Crippen molar-refractivity contribution in [3.63, 3.8) is 0 Å². The van der Waals surface area contributed by atoms with Crippen molar-refractivity contribution < 1.29 is 9.47 Å². The van der Waals surface area contributed by atoms with E-state index < -0.39 is 5.79 Å². The summed E-state index contributed by atoms with van der Waals surface area (Å²) >= 11 is 4.57. The molecular weight excluding hydrogens is 352 g/mol. The number of ether oxygens (including phenoxy) is 2. The van der Waals surface area contributed by atoms with Crippen LogP contribution in [0.25, 0.3) is 0 Å². The number of hydrogen-bond donors (Lipinski definition) is 1. The monoisotopic (exact) mass is 394 g/mol. The molecule has 0 bridgehead atoms. The molecule has 1 rings (SSSR count). The first-order valence-electron chi connectivity index (χ1n) is 11.2. The molecule has 0 aliphatic carbocycles. The van der Waals surface area contributed by atoms with Crippen molar-refractivity contribution in [2.24, 2.45) is 5.92 Å². The average Bonchev–Trinajstić information content (AvgIpc) is 2.71. The molecule has 0 radical (unpaired) electrons. The molecule has 156 valence electrons. The normalized spacial score (nSPS) is 13.0. The van der Waals surface area contributed by atoms with Crippen molar-refractivity contribution in [1.82, 2.24) is 0 Å². The number of rotatable bonds is 17. The van der Waals surface area contributed by atoms with Gasteiger partial charge in [-0.1, -0.05) is 89.6 Å².